The Kier molecular flexibility index (Phi) is 3.02. The maximum absolute atomic E-state index is 9.36. The summed E-state index contributed by atoms with van der Waals surface area (Å²) in [6, 6.07) is 5.32. The van der Waals surface area contributed by atoms with Crippen LogP contribution < -0.4 is 4.74 Å². The first kappa shape index (κ1) is 10.2. The molecule has 0 fully saturated rings. The van der Waals surface area contributed by atoms with Crippen LogP contribution >= 0.6 is 11.6 Å². The second kappa shape index (κ2) is 4.45. The number of fused-ring (bicyclic) bond motifs is 1. The predicted molar refractivity (Wildman–Crippen MR) is 58.7 cm³/mol. The predicted octanol–water partition coefficient (Wildman–Crippen LogP) is 3.15. The van der Waals surface area contributed by atoms with Crippen molar-refractivity contribution < 1.29 is 14.3 Å². The van der Waals surface area contributed by atoms with E-state index in [1.807, 2.05) is 0 Å². The summed E-state index contributed by atoms with van der Waals surface area (Å²) in [6.07, 6.45) is 2.12. The first-order chi connectivity index (χ1) is 7.31. The molecule has 0 aliphatic rings. The fraction of sp³-hybridized carbons (Fsp3) is 0.273. The summed E-state index contributed by atoms with van der Waals surface area (Å²) in [6.45, 7) is 0.585. The van der Waals surface area contributed by atoms with Crippen LogP contribution in [0.4, 0.5) is 0 Å². The molecule has 2 rings (SSSR count). The van der Waals surface area contributed by atoms with Gasteiger partial charge in [0.1, 0.15) is 17.6 Å². The van der Waals surface area contributed by atoms with Gasteiger partial charge in [0.25, 0.3) is 0 Å². The van der Waals surface area contributed by atoms with Gasteiger partial charge in [-0.2, -0.15) is 0 Å². The van der Waals surface area contributed by atoms with Crippen LogP contribution in [0.1, 0.15) is 6.42 Å². The monoisotopic (exact) mass is 226 g/mol. The number of hydrogen-bond acceptors (Lipinski definition) is 3. The van der Waals surface area contributed by atoms with Crippen molar-refractivity contribution in [3.8, 4) is 11.5 Å². The minimum Gasteiger partial charge on any atom is -0.504 e. The fourth-order valence-electron chi connectivity index (χ4n) is 1.33. The van der Waals surface area contributed by atoms with Crippen LogP contribution in [0.3, 0.4) is 0 Å². The van der Waals surface area contributed by atoms with Crippen LogP contribution in [0.5, 0.6) is 11.5 Å². The smallest absolute Gasteiger partial charge is 0.161 e. The fourth-order valence-corrected chi connectivity index (χ4v) is 1.44. The first-order valence-electron chi connectivity index (χ1n) is 4.70. The zero-order chi connectivity index (χ0) is 10.7. The highest BCUT2D eigenvalue weighted by molar-refractivity contribution is 6.17. The summed E-state index contributed by atoms with van der Waals surface area (Å²) in [4.78, 5) is 0. The molecule has 15 heavy (non-hydrogen) atoms. The summed E-state index contributed by atoms with van der Waals surface area (Å²) in [7, 11) is 0. The van der Waals surface area contributed by atoms with Crippen molar-refractivity contribution in [2.24, 2.45) is 0 Å². The van der Waals surface area contributed by atoms with Crippen LogP contribution in [0, 0.1) is 0 Å². The Morgan fingerprint density at radius 3 is 3.07 bits per heavy atom. The van der Waals surface area contributed by atoms with Crippen molar-refractivity contribution in [1.29, 1.82) is 0 Å². The van der Waals surface area contributed by atoms with Gasteiger partial charge in [-0.05, 0) is 18.6 Å². The molecule has 0 aliphatic carbocycles. The SMILES string of the molecule is Oc1coc2cc(OCCCCl)ccc12. The molecule has 0 saturated carbocycles. The number of aromatic hydroxyl groups is 1. The van der Waals surface area contributed by atoms with Crippen LogP contribution in [0.2, 0.25) is 0 Å². The van der Waals surface area contributed by atoms with E-state index in [-0.39, 0.29) is 5.75 Å². The lowest BCUT2D eigenvalue weighted by Crippen LogP contribution is -1.97. The van der Waals surface area contributed by atoms with E-state index in [1.54, 1.807) is 18.2 Å². The Hall–Kier alpha value is -1.35. The molecule has 0 unspecified atom stereocenters. The normalized spacial score (nSPS) is 10.7. The van der Waals surface area contributed by atoms with E-state index in [0.717, 1.165) is 12.2 Å². The maximum Gasteiger partial charge on any atom is 0.161 e. The molecule has 0 spiro atoms. The first-order valence-corrected chi connectivity index (χ1v) is 5.23. The van der Waals surface area contributed by atoms with Crippen LogP contribution in [0.25, 0.3) is 11.0 Å². The van der Waals surface area contributed by atoms with E-state index in [4.69, 9.17) is 20.8 Å². The van der Waals surface area contributed by atoms with Crippen molar-refractivity contribution in [1.82, 2.24) is 0 Å². The molecule has 1 N–H and O–H groups in total. The minimum absolute atomic E-state index is 0.150. The van der Waals surface area contributed by atoms with Crippen LogP contribution in [-0.2, 0) is 0 Å². The van der Waals surface area contributed by atoms with E-state index in [9.17, 15) is 5.11 Å². The molecular weight excluding hydrogens is 216 g/mol. The Labute approximate surface area is 92.2 Å². The van der Waals surface area contributed by atoms with Gasteiger partial charge in [-0.1, -0.05) is 0 Å². The van der Waals surface area contributed by atoms with Gasteiger partial charge >= 0.3 is 0 Å². The molecule has 4 heteroatoms. The molecule has 0 radical (unpaired) electrons. The molecule has 0 saturated heterocycles. The molecule has 1 aromatic heterocycles. The maximum atomic E-state index is 9.36. The van der Waals surface area contributed by atoms with Crippen molar-refractivity contribution >= 4 is 22.6 Å². The number of rotatable bonds is 4. The van der Waals surface area contributed by atoms with Crippen molar-refractivity contribution in [2.45, 2.75) is 6.42 Å². The number of hydrogen-bond donors (Lipinski definition) is 1. The topological polar surface area (TPSA) is 42.6 Å². The summed E-state index contributed by atoms with van der Waals surface area (Å²) in [5, 5.41) is 10.1. The van der Waals surface area contributed by atoms with Gasteiger partial charge in [0.15, 0.2) is 5.75 Å². The van der Waals surface area contributed by atoms with Gasteiger partial charge in [0, 0.05) is 11.9 Å². The molecule has 0 aliphatic heterocycles. The molecule has 80 valence electrons. The Morgan fingerprint density at radius 1 is 1.40 bits per heavy atom. The van der Waals surface area contributed by atoms with Crippen molar-refractivity contribution in [3.05, 3.63) is 24.5 Å². The van der Waals surface area contributed by atoms with Gasteiger partial charge in [-0.3, -0.25) is 0 Å². The zero-order valence-corrected chi connectivity index (χ0v) is 8.83. The lowest BCUT2D eigenvalue weighted by Gasteiger charge is -2.03. The largest absolute Gasteiger partial charge is 0.504 e. The van der Waals surface area contributed by atoms with Gasteiger partial charge in [0.05, 0.1) is 12.0 Å². The molecule has 0 amide bonds. The highest BCUT2D eigenvalue weighted by Crippen LogP contribution is 2.29. The highest BCUT2D eigenvalue weighted by Gasteiger charge is 2.05. The molecule has 0 atom stereocenters. The van der Waals surface area contributed by atoms with E-state index in [2.05, 4.69) is 0 Å². The average Bonchev–Trinajstić information content (AvgIpc) is 2.61. The number of halogens is 1. The second-order valence-electron chi connectivity index (χ2n) is 3.17. The highest BCUT2D eigenvalue weighted by atomic mass is 35.5. The Morgan fingerprint density at radius 2 is 2.27 bits per heavy atom. The lowest BCUT2D eigenvalue weighted by molar-refractivity contribution is 0.318. The van der Waals surface area contributed by atoms with E-state index in [1.165, 1.54) is 6.26 Å². The van der Waals surface area contributed by atoms with Crippen molar-refractivity contribution in [2.75, 3.05) is 12.5 Å². The molecule has 1 aromatic carbocycles. The van der Waals surface area contributed by atoms with Crippen LogP contribution in [-0.4, -0.2) is 17.6 Å². The molecule has 2 aromatic rings. The number of furan rings is 1. The summed E-state index contributed by atoms with van der Waals surface area (Å²) in [5.41, 5.74) is 0.621. The van der Waals surface area contributed by atoms with E-state index >= 15 is 0 Å². The number of ether oxygens (including phenoxy) is 1. The second-order valence-corrected chi connectivity index (χ2v) is 3.55. The Bertz CT molecular complexity index is 450. The van der Waals surface area contributed by atoms with E-state index < -0.39 is 0 Å². The van der Waals surface area contributed by atoms with Gasteiger partial charge in [0.2, 0.25) is 0 Å². The van der Waals surface area contributed by atoms with Gasteiger partial charge in [-0.15, -0.1) is 11.6 Å². The lowest BCUT2D eigenvalue weighted by atomic mass is 10.2. The average molecular weight is 227 g/mol. The Balaban J connectivity index is 2.16. The number of benzene rings is 1. The van der Waals surface area contributed by atoms with E-state index in [0.29, 0.717) is 23.5 Å². The molecule has 0 bridgehead atoms. The summed E-state index contributed by atoms with van der Waals surface area (Å²) >= 11 is 5.53. The zero-order valence-electron chi connectivity index (χ0n) is 8.07. The van der Waals surface area contributed by atoms with Gasteiger partial charge in [-0.25, -0.2) is 0 Å². The molecule has 1 heterocycles. The summed E-state index contributed by atoms with van der Waals surface area (Å²) < 4.78 is 10.6. The third-order valence-corrected chi connectivity index (χ3v) is 2.34. The summed E-state index contributed by atoms with van der Waals surface area (Å²) in [5.74, 6) is 1.46. The van der Waals surface area contributed by atoms with Crippen molar-refractivity contribution in [3.63, 3.8) is 0 Å². The van der Waals surface area contributed by atoms with Gasteiger partial charge < -0.3 is 14.3 Å². The third-order valence-electron chi connectivity index (χ3n) is 2.07. The quantitative estimate of drug-likeness (QED) is 0.643. The minimum atomic E-state index is 0.150. The number of alkyl halides is 1. The standard InChI is InChI=1S/C11H11ClO3/c12-4-1-5-14-8-2-3-9-10(13)7-15-11(9)6-8/h2-3,6-7,13H,1,4-5H2. The van der Waals surface area contributed by atoms with Crippen LogP contribution in [0.15, 0.2) is 28.9 Å². The third kappa shape index (κ3) is 2.18. The molecular formula is C11H11ClO3. The molecule has 3 nitrogen and oxygen atoms in total.